The normalized spacial score (nSPS) is 15.0. The summed E-state index contributed by atoms with van der Waals surface area (Å²) in [5.41, 5.74) is 3.06. The summed E-state index contributed by atoms with van der Waals surface area (Å²) in [6.45, 7) is 0. The van der Waals surface area contributed by atoms with Gasteiger partial charge in [-0.2, -0.15) is 0 Å². The topological polar surface area (TPSA) is 55.8 Å². The third-order valence-corrected chi connectivity index (χ3v) is 5.30. The maximum Gasteiger partial charge on any atom is 0.343 e. The van der Waals surface area contributed by atoms with Gasteiger partial charge in [-0.25, -0.2) is 9.59 Å². The molecule has 3 aromatic rings. The van der Waals surface area contributed by atoms with Crippen LogP contribution in [0.4, 0.5) is 0 Å². The molecule has 1 aliphatic carbocycles. The maximum atomic E-state index is 12.7. The van der Waals surface area contributed by atoms with Crippen LogP contribution in [0.15, 0.2) is 72.8 Å². The van der Waals surface area contributed by atoms with Gasteiger partial charge in [-0.3, -0.25) is 0 Å². The fraction of sp³-hybridized carbons (Fsp3) is 0.200. The average molecular weight is 401 g/mol. The van der Waals surface area contributed by atoms with Crippen molar-refractivity contribution >= 4 is 11.9 Å². The van der Waals surface area contributed by atoms with Crippen molar-refractivity contribution in [2.45, 2.75) is 18.9 Å². The number of rotatable bonds is 5. The number of fused-ring (bicyclic) bond motifs is 1. The average Bonchev–Trinajstić information content (AvgIpc) is 3.18. The summed E-state index contributed by atoms with van der Waals surface area (Å²) in [4.78, 5) is 27.4. The lowest BCUT2D eigenvalue weighted by molar-refractivity contribution is 0.0682. The molecule has 30 heavy (non-hydrogen) atoms. The van der Waals surface area contributed by atoms with Gasteiger partial charge in [0.2, 0.25) is 0 Å². The van der Waals surface area contributed by atoms with Crippen LogP contribution in [0.5, 0.6) is 11.5 Å². The van der Waals surface area contributed by atoms with Gasteiger partial charge in [0.15, 0.2) is 11.5 Å². The summed E-state index contributed by atoms with van der Waals surface area (Å²) in [5, 5.41) is 0. The van der Waals surface area contributed by atoms with Crippen molar-refractivity contribution in [1.82, 2.24) is 4.90 Å². The highest BCUT2D eigenvalue weighted by Crippen LogP contribution is 2.41. The Balaban J connectivity index is 1.69. The van der Waals surface area contributed by atoms with Crippen molar-refractivity contribution in [2.24, 2.45) is 0 Å². The molecule has 0 bridgehead atoms. The summed E-state index contributed by atoms with van der Waals surface area (Å²) in [6, 6.07) is 21.4. The van der Waals surface area contributed by atoms with E-state index in [1.54, 1.807) is 48.5 Å². The smallest absolute Gasteiger partial charge is 0.343 e. The molecule has 0 spiro atoms. The molecular formula is C25H23NO4. The van der Waals surface area contributed by atoms with Crippen molar-refractivity contribution in [3.05, 3.63) is 95.1 Å². The van der Waals surface area contributed by atoms with E-state index in [0.29, 0.717) is 11.1 Å². The Labute approximate surface area is 175 Å². The van der Waals surface area contributed by atoms with Crippen LogP contribution in [0.3, 0.4) is 0 Å². The lowest BCUT2D eigenvalue weighted by Gasteiger charge is -2.21. The first-order chi connectivity index (χ1) is 14.5. The van der Waals surface area contributed by atoms with Gasteiger partial charge in [0.05, 0.1) is 11.1 Å². The zero-order valence-electron chi connectivity index (χ0n) is 17.0. The number of nitrogens with zero attached hydrogens (tertiary/aromatic N) is 1. The van der Waals surface area contributed by atoms with Gasteiger partial charge in [0.25, 0.3) is 0 Å². The molecule has 0 N–H and O–H groups in total. The van der Waals surface area contributed by atoms with E-state index in [-0.39, 0.29) is 17.5 Å². The molecule has 0 aromatic heterocycles. The van der Waals surface area contributed by atoms with Crippen LogP contribution in [-0.4, -0.2) is 30.9 Å². The van der Waals surface area contributed by atoms with Crippen molar-refractivity contribution in [3.8, 4) is 11.5 Å². The monoisotopic (exact) mass is 401 g/mol. The van der Waals surface area contributed by atoms with E-state index in [1.165, 1.54) is 0 Å². The SMILES string of the molecule is CN(C)C1CCc2cc(OC(=O)c3ccccc3)c(OC(=O)c3ccccc3)cc21. The standard InChI is InChI=1S/C25H23NO4/c1-26(2)21-14-13-19-15-22(29-24(27)17-9-5-3-6-10-17)23(16-20(19)21)30-25(28)18-11-7-4-8-12-18/h3-12,15-16,21H,13-14H2,1-2H3. The largest absolute Gasteiger partial charge is 0.419 e. The molecule has 0 radical (unpaired) electrons. The highest BCUT2D eigenvalue weighted by molar-refractivity contribution is 5.93. The zero-order valence-corrected chi connectivity index (χ0v) is 17.0. The molecule has 0 heterocycles. The maximum absolute atomic E-state index is 12.7. The molecular weight excluding hydrogens is 378 g/mol. The molecule has 1 aliphatic rings. The minimum atomic E-state index is -0.494. The van der Waals surface area contributed by atoms with Crippen molar-refractivity contribution < 1.29 is 19.1 Å². The lowest BCUT2D eigenvalue weighted by Crippen LogP contribution is -2.18. The quantitative estimate of drug-likeness (QED) is 0.459. The van der Waals surface area contributed by atoms with Crippen LogP contribution in [-0.2, 0) is 6.42 Å². The molecule has 152 valence electrons. The highest BCUT2D eigenvalue weighted by Gasteiger charge is 2.28. The van der Waals surface area contributed by atoms with E-state index in [4.69, 9.17) is 9.47 Å². The van der Waals surface area contributed by atoms with Crippen molar-refractivity contribution in [1.29, 1.82) is 0 Å². The van der Waals surface area contributed by atoms with Gasteiger partial charge in [-0.15, -0.1) is 0 Å². The molecule has 1 unspecified atom stereocenters. The minimum Gasteiger partial charge on any atom is -0.419 e. The minimum absolute atomic E-state index is 0.230. The Morgan fingerprint density at radius 3 is 1.80 bits per heavy atom. The van der Waals surface area contributed by atoms with Gasteiger partial charge in [0.1, 0.15) is 0 Å². The first-order valence-corrected chi connectivity index (χ1v) is 9.90. The van der Waals surface area contributed by atoms with Crippen LogP contribution in [0.2, 0.25) is 0 Å². The van der Waals surface area contributed by atoms with Gasteiger partial charge in [-0.05, 0) is 74.5 Å². The van der Waals surface area contributed by atoms with Gasteiger partial charge in [-0.1, -0.05) is 36.4 Å². The molecule has 0 saturated heterocycles. The summed E-state index contributed by atoms with van der Waals surface area (Å²) < 4.78 is 11.3. The third kappa shape index (κ3) is 4.11. The van der Waals surface area contributed by atoms with E-state index in [9.17, 15) is 9.59 Å². The molecule has 4 rings (SSSR count). The van der Waals surface area contributed by atoms with Gasteiger partial charge < -0.3 is 14.4 Å². The number of ether oxygens (including phenoxy) is 2. The Hall–Kier alpha value is -3.44. The van der Waals surface area contributed by atoms with E-state index in [2.05, 4.69) is 4.90 Å². The second-order valence-electron chi connectivity index (χ2n) is 7.53. The highest BCUT2D eigenvalue weighted by atomic mass is 16.6. The molecule has 0 saturated carbocycles. The number of esters is 2. The Morgan fingerprint density at radius 1 is 0.800 bits per heavy atom. The van der Waals surface area contributed by atoms with Gasteiger partial charge >= 0.3 is 11.9 Å². The second-order valence-corrected chi connectivity index (χ2v) is 7.53. The molecule has 0 amide bonds. The lowest BCUT2D eigenvalue weighted by atomic mass is 10.1. The zero-order chi connectivity index (χ0) is 21.1. The summed E-state index contributed by atoms with van der Waals surface area (Å²) >= 11 is 0. The van der Waals surface area contributed by atoms with Crippen molar-refractivity contribution in [2.75, 3.05) is 14.1 Å². The van der Waals surface area contributed by atoms with E-state index >= 15 is 0 Å². The Bertz CT molecular complexity index is 1060. The van der Waals surface area contributed by atoms with Crippen LogP contribution < -0.4 is 9.47 Å². The van der Waals surface area contributed by atoms with E-state index in [1.807, 2.05) is 38.4 Å². The Morgan fingerprint density at radius 2 is 1.30 bits per heavy atom. The second kappa shape index (κ2) is 8.51. The fourth-order valence-electron chi connectivity index (χ4n) is 3.75. The van der Waals surface area contributed by atoms with E-state index in [0.717, 1.165) is 24.0 Å². The number of carbonyl (C=O) groups excluding carboxylic acids is 2. The first kappa shape index (κ1) is 19.9. The van der Waals surface area contributed by atoms with Crippen LogP contribution in [0.1, 0.15) is 44.3 Å². The number of benzene rings is 3. The molecule has 0 aliphatic heterocycles. The summed E-state index contributed by atoms with van der Waals surface area (Å²) in [5.74, 6) is -0.478. The third-order valence-electron chi connectivity index (χ3n) is 5.30. The molecule has 3 aromatic carbocycles. The number of carbonyl (C=O) groups is 2. The summed E-state index contributed by atoms with van der Waals surface area (Å²) in [6.07, 6.45) is 1.84. The van der Waals surface area contributed by atoms with Crippen LogP contribution in [0, 0.1) is 0 Å². The first-order valence-electron chi connectivity index (χ1n) is 9.90. The fourth-order valence-corrected chi connectivity index (χ4v) is 3.75. The Kier molecular flexibility index (Phi) is 5.63. The summed E-state index contributed by atoms with van der Waals surface area (Å²) in [7, 11) is 4.05. The molecule has 5 heteroatoms. The van der Waals surface area contributed by atoms with Crippen LogP contribution in [0.25, 0.3) is 0 Å². The molecule has 1 atom stereocenters. The molecule has 5 nitrogen and oxygen atoms in total. The van der Waals surface area contributed by atoms with E-state index < -0.39 is 11.9 Å². The number of hydrogen-bond acceptors (Lipinski definition) is 5. The number of hydrogen-bond donors (Lipinski definition) is 0. The van der Waals surface area contributed by atoms with Gasteiger partial charge in [0, 0.05) is 6.04 Å². The van der Waals surface area contributed by atoms with Crippen LogP contribution >= 0.6 is 0 Å². The van der Waals surface area contributed by atoms with Crippen molar-refractivity contribution in [3.63, 3.8) is 0 Å². The molecule has 0 fully saturated rings. The predicted molar refractivity (Wildman–Crippen MR) is 114 cm³/mol. The predicted octanol–water partition coefficient (Wildman–Crippen LogP) is 4.67. The number of aryl methyl sites for hydroxylation is 1.